The first-order chi connectivity index (χ1) is 4.63. The second-order valence-corrected chi connectivity index (χ2v) is 2.57. The van der Waals surface area contributed by atoms with Crippen LogP contribution < -0.4 is 0 Å². The summed E-state index contributed by atoms with van der Waals surface area (Å²) in [6.07, 6.45) is 4.28. The van der Waals surface area contributed by atoms with Gasteiger partial charge in [-0.05, 0) is 20.8 Å². The molecule has 0 N–H and O–H groups in total. The van der Waals surface area contributed by atoms with Gasteiger partial charge in [0, 0.05) is 25.8 Å². The second-order valence-electron chi connectivity index (χ2n) is 2.57. The predicted molar refractivity (Wildman–Crippen MR) is 47.8 cm³/mol. The minimum Gasteiger partial charge on any atom is -0.0642 e. The fourth-order valence-corrected chi connectivity index (χ4v) is 0.744. The van der Waals surface area contributed by atoms with E-state index in [2.05, 4.69) is 47.1 Å². The molecule has 0 radical (unpaired) electrons. The molecule has 0 aromatic rings. The van der Waals surface area contributed by atoms with Gasteiger partial charge in [0.25, 0.3) is 0 Å². The highest BCUT2D eigenvalue weighted by Crippen LogP contribution is 2.14. The first kappa shape index (κ1) is 9.35. The lowest BCUT2D eigenvalue weighted by Crippen LogP contribution is -1.84. The van der Waals surface area contributed by atoms with Crippen molar-refractivity contribution in [2.24, 2.45) is 0 Å². The van der Waals surface area contributed by atoms with Crippen molar-refractivity contribution in [2.75, 3.05) is 0 Å². The second kappa shape index (κ2) is 4.21. The highest BCUT2D eigenvalue weighted by atomic mass is 14.0. The van der Waals surface area contributed by atoms with Gasteiger partial charge in [-0.1, -0.05) is 6.08 Å². The average Bonchev–Trinajstić information content (AvgIpc) is 2.00. The summed E-state index contributed by atoms with van der Waals surface area (Å²) >= 11 is 0. The van der Waals surface area contributed by atoms with E-state index in [1.807, 2.05) is 0 Å². The van der Waals surface area contributed by atoms with Gasteiger partial charge in [-0.25, -0.2) is 0 Å². The topological polar surface area (TPSA) is 0 Å². The molecule has 0 aliphatic carbocycles. The van der Waals surface area contributed by atoms with E-state index in [-0.39, 0.29) is 0 Å². The monoisotopic (exact) mass is 137 g/mol. The zero-order chi connectivity index (χ0) is 8.15. The Morgan fingerprint density at radius 3 is 2.00 bits per heavy atom. The first-order valence-electron chi connectivity index (χ1n) is 3.73. The van der Waals surface area contributed by atoms with Crippen molar-refractivity contribution >= 4 is 0 Å². The molecule has 0 aliphatic heterocycles. The van der Waals surface area contributed by atoms with Crippen LogP contribution in [-0.4, -0.2) is 0 Å². The summed E-state index contributed by atoms with van der Waals surface area (Å²) < 4.78 is 0. The molecule has 0 aliphatic rings. The summed E-state index contributed by atoms with van der Waals surface area (Å²) in [4.78, 5) is 0. The zero-order valence-corrected chi connectivity index (χ0v) is 7.65. The number of hydrogen-bond donors (Lipinski definition) is 0. The van der Waals surface area contributed by atoms with E-state index in [1.54, 1.807) is 0 Å². The van der Waals surface area contributed by atoms with Crippen LogP contribution in [0, 0.1) is 6.42 Å². The van der Waals surface area contributed by atoms with Crippen LogP contribution in [0.5, 0.6) is 0 Å². The molecule has 10 heavy (non-hydrogen) atoms. The summed E-state index contributed by atoms with van der Waals surface area (Å²) in [5.41, 5.74) is 4.14. The molecule has 0 aromatic heterocycles. The third-order valence-corrected chi connectivity index (χ3v) is 2.05. The molecule has 0 aromatic carbocycles. The molecule has 0 unspecified atom stereocenters. The van der Waals surface area contributed by atoms with Crippen molar-refractivity contribution in [3.8, 4) is 0 Å². The van der Waals surface area contributed by atoms with Crippen molar-refractivity contribution in [3.05, 3.63) is 29.2 Å². The van der Waals surface area contributed by atoms with Crippen LogP contribution in [0.25, 0.3) is 0 Å². The molecular weight excluding hydrogens is 120 g/mol. The minimum absolute atomic E-state index is 1.37. The van der Waals surface area contributed by atoms with Crippen molar-refractivity contribution in [2.45, 2.75) is 34.6 Å². The van der Waals surface area contributed by atoms with Gasteiger partial charge in [0.1, 0.15) is 5.57 Å². The molecule has 0 bridgehead atoms. The van der Waals surface area contributed by atoms with Crippen molar-refractivity contribution < 1.29 is 0 Å². The molecule has 0 heterocycles. The van der Waals surface area contributed by atoms with Gasteiger partial charge in [-0.15, -0.1) is 0 Å². The van der Waals surface area contributed by atoms with Crippen LogP contribution in [0.15, 0.2) is 22.8 Å². The number of rotatable bonds is 2. The highest BCUT2D eigenvalue weighted by molar-refractivity contribution is 5.33. The summed E-state index contributed by atoms with van der Waals surface area (Å²) in [6, 6.07) is 0. The van der Waals surface area contributed by atoms with Crippen LogP contribution in [0.2, 0.25) is 0 Å². The van der Waals surface area contributed by atoms with Gasteiger partial charge < -0.3 is 0 Å². The third-order valence-electron chi connectivity index (χ3n) is 2.05. The predicted octanol–water partition coefficient (Wildman–Crippen LogP) is 3.51. The SMILES string of the molecule is CC=C(C)/C(C)=C(/C)[CH+]C. The molecule has 0 saturated heterocycles. The van der Waals surface area contributed by atoms with Gasteiger partial charge in [-0.3, -0.25) is 0 Å². The van der Waals surface area contributed by atoms with Gasteiger partial charge in [0.05, 0.1) is 5.57 Å². The van der Waals surface area contributed by atoms with Gasteiger partial charge in [0.15, 0.2) is 0 Å². The van der Waals surface area contributed by atoms with Gasteiger partial charge in [0.2, 0.25) is 0 Å². The van der Waals surface area contributed by atoms with E-state index in [0.717, 1.165) is 0 Å². The van der Waals surface area contributed by atoms with E-state index in [9.17, 15) is 0 Å². The van der Waals surface area contributed by atoms with E-state index < -0.39 is 0 Å². The Morgan fingerprint density at radius 1 is 1.20 bits per heavy atom. The molecule has 56 valence electrons. The smallest absolute Gasteiger partial charge is 0.0642 e. The zero-order valence-electron chi connectivity index (χ0n) is 7.65. The van der Waals surface area contributed by atoms with Crippen LogP contribution in [0.1, 0.15) is 34.6 Å². The fraction of sp³-hybridized carbons (Fsp3) is 0.500. The fourth-order valence-electron chi connectivity index (χ4n) is 0.744. The Balaban J connectivity index is 4.46. The van der Waals surface area contributed by atoms with E-state index in [4.69, 9.17) is 0 Å². The lowest BCUT2D eigenvalue weighted by atomic mass is 10.0. The van der Waals surface area contributed by atoms with Crippen LogP contribution in [0.4, 0.5) is 0 Å². The molecule has 0 rings (SSSR count). The molecule has 0 spiro atoms. The molecule has 0 nitrogen and oxygen atoms in total. The Hall–Kier alpha value is -0.650. The lowest BCUT2D eigenvalue weighted by molar-refractivity contribution is 1.21. The lowest BCUT2D eigenvalue weighted by Gasteiger charge is -1.94. The molecule has 0 amide bonds. The van der Waals surface area contributed by atoms with Crippen LogP contribution in [-0.2, 0) is 0 Å². The quantitative estimate of drug-likeness (QED) is 0.403. The Morgan fingerprint density at radius 2 is 1.70 bits per heavy atom. The van der Waals surface area contributed by atoms with Crippen LogP contribution >= 0.6 is 0 Å². The molecule has 0 atom stereocenters. The van der Waals surface area contributed by atoms with Gasteiger partial charge >= 0.3 is 0 Å². The Labute approximate surface area is 64.6 Å². The number of allylic oxidation sites excluding steroid dienone is 4. The largest absolute Gasteiger partial charge is 0.106 e. The average molecular weight is 137 g/mol. The number of hydrogen-bond acceptors (Lipinski definition) is 0. The van der Waals surface area contributed by atoms with E-state index in [1.165, 1.54) is 16.7 Å². The minimum atomic E-state index is 1.37. The third kappa shape index (κ3) is 2.30. The van der Waals surface area contributed by atoms with E-state index >= 15 is 0 Å². The maximum atomic E-state index is 2.16. The molecule has 0 saturated carbocycles. The highest BCUT2D eigenvalue weighted by Gasteiger charge is 2.05. The Bertz CT molecular complexity index is 159. The maximum absolute atomic E-state index is 2.16. The summed E-state index contributed by atoms with van der Waals surface area (Å²) in [5.74, 6) is 0. The van der Waals surface area contributed by atoms with Gasteiger partial charge in [-0.2, -0.15) is 0 Å². The molecule has 0 heteroatoms. The summed E-state index contributed by atoms with van der Waals surface area (Å²) in [5, 5.41) is 0. The van der Waals surface area contributed by atoms with E-state index in [0.29, 0.717) is 0 Å². The molecular formula is C10H17+. The van der Waals surface area contributed by atoms with Crippen molar-refractivity contribution in [1.82, 2.24) is 0 Å². The van der Waals surface area contributed by atoms with Crippen LogP contribution in [0.3, 0.4) is 0 Å². The van der Waals surface area contributed by atoms with Crippen molar-refractivity contribution in [3.63, 3.8) is 0 Å². The van der Waals surface area contributed by atoms with Crippen molar-refractivity contribution in [1.29, 1.82) is 0 Å². The Kier molecular flexibility index (Phi) is 3.94. The normalized spacial score (nSPS) is 14.7. The molecule has 0 fully saturated rings. The summed E-state index contributed by atoms with van der Waals surface area (Å²) in [6.45, 7) is 10.6. The first-order valence-corrected chi connectivity index (χ1v) is 3.73. The summed E-state index contributed by atoms with van der Waals surface area (Å²) in [7, 11) is 0. The maximum Gasteiger partial charge on any atom is 0.106 e. The standard InChI is InChI=1S/C10H17/c1-6-8(3)10(5)9(4)7-2/h6-7H,1-5H3/q+1/b8-6?,10-9-.